The fourth-order valence-corrected chi connectivity index (χ4v) is 10.1. The van der Waals surface area contributed by atoms with E-state index in [1.165, 1.54) is 16.7 Å². The maximum atomic E-state index is 9.69. The molecule has 11 aromatic rings. The van der Waals surface area contributed by atoms with Crippen LogP contribution < -0.4 is 14.5 Å². The van der Waals surface area contributed by atoms with E-state index in [2.05, 4.69) is 225 Å². The summed E-state index contributed by atoms with van der Waals surface area (Å²) in [4.78, 5) is 9.75. The number of hydrogen-bond donors (Lipinski definition) is 0. The summed E-state index contributed by atoms with van der Waals surface area (Å²) in [5, 5.41) is 2.02. The van der Waals surface area contributed by atoms with E-state index in [4.69, 9.17) is 9.72 Å². The zero-order chi connectivity index (χ0) is 49.1. The topological polar surface area (TPSA) is 33.5 Å². The van der Waals surface area contributed by atoms with E-state index in [0.29, 0.717) is 35.1 Å². The zero-order valence-corrected chi connectivity index (χ0v) is 39.7. The molecule has 0 saturated heterocycles. The number of nitrogens with zero attached hydrogens (tertiary/aromatic N) is 4. The molecule has 0 unspecified atom stereocenters. The lowest BCUT2D eigenvalue weighted by atomic mass is 9.86. The Morgan fingerprint density at radius 1 is 0.486 bits per heavy atom. The lowest BCUT2D eigenvalue weighted by molar-refractivity contribution is 0.483. The minimum absolute atomic E-state index is 0.00553. The first kappa shape index (κ1) is 40.4. The third-order valence-electron chi connectivity index (χ3n) is 13.6. The summed E-state index contributed by atoms with van der Waals surface area (Å²) < 4.78 is 28.0. The molecule has 0 amide bonds. The van der Waals surface area contributed by atoms with Gasteiger partial charge in [-0.15, -0.1) is 0 Å². The van der Waals surface area contributed by atoms with Crippen LogP contribution in [0.5, 0.6) is 11.5 Å². The van der Waals surface area contributed by atoms with Crippen molar-refractivity contribution in [2.24, 2.45) is 0 Å². The molecule has 0 bridgehead atoms. The molecule has 0 radical (unpaired) electrons. The van der Waals surface area contributed by atoms with Gasteiger partial charge < -0.3 is 14.5 Å². The minimum atomic E-state index is -0.00553. The van der Waals surface area contributed by atoms with Crippen LogP contribution in [0.2, 0.25) is 0 Å². The van der Waals surface area contributed by atoms with E-state index in [-0.39, 0.29) is 17.6 Å². The van der Waals surface area contributed by atoms with Gasteiger partial charge in [0, 0.05) is 51.5 Å². The Morgan fingerprint density at radius 2 is 1.07 bits per heavy atom. The average molecular weight is 907 g/mol. The molecule has 2 aromatic heterocycles. The Bertz CT molecular complexity index is 3770. The summed E-state index contributed by atoms with van der Waals surface area (Å²) in [6, 6.07) is 76.5. The van der Waals surface area contributed by atoms with Crippen LogP contribution in [0.3, 0.4) is 0 Å². The lowest BCUT2D eigenvalue weighted by Crippen LogP contribution is -2.24. The Hall–Kier alpha value is -8.67. The smallest absolute Gasteiger partial charge is 0.137 e. The van der Waals surface area contributed by atoms with Crippen LogP contribution in [-0.2, 0) is 5.41 Å². The highest BCUT2D eigenvalue weighted by Crippen LogP contribution is 2.50. The molecular weight excluding hydrogens is 853 g/mol. The highest BCUT2D eigenvalue weighted by molar-refractivity contribution is 6.11. The van der Waals surface area contributed by atoms with Crippen LogP contribution in [0.4, 0.5) is 22.7 Å². The van der Waals surface area contributed by atoms with E-state index in [1.807, 2.05) is 35.8 Å². The van der Waals surface area contributed by atoms with Crippen LogP contribution in [0.15, 0.2) is 231 Å². The fourth-order valence-electron chi connectivity index (χ4n) is 10.1. The number of benzene rings is 9. The van der Waals surface area contributed by atoms with Crippen LogP contribution >= 0.6 is 0 Å². The quantitative estimate of drug-likeness (QED) is 0.144. The molecule has 5 nitrogen and oxygen atoms in total. The van der Waals surface area contributed by atoms with Gasteiger partial charge in [0.05, 0.1) is 30.8 Å². The highest BCUT2D eigenvalue weighted by Gasteiger charge is 2.31. The number of hydrogen-bond acceptors (Lipinski definition) is 4. The summed E-state index contributed by atoms with van der Waals surface area (Å²) >= 11 is 0. The molecule has 0 spiro atoms. The molecule has 0 atom stereocenters. The molecule has 0 N–H and O–H groups in total. The molecule has 1 aliphatic heterocycles. The Balaban J connectivity index is 0.939. The number of ether oxygens (including phenoxy) is 1. The van der Waals surface area contributed by atoms with Gasteiger partial charge in [0.2, 0.25) is 0 Å². The minimum Gasteiger partial charge on any atom is -0.457 e. The van der Waals surface area contributed by atoms with Gasteiger partial charge in [-0.3, -0.25) is 4.57 Å². The lowest BCUT2D eigenvalue weighted by Gasteiger charge is -2.27. The second-order valence-electron chi connectivity index (χ2n) is 19.1. The van der Waals surface area contributed by atoms with Crippen molar-refractivity contribution in [3.05, 3.63) is 242 Å². The first-order chi connectivity index (χ1) is 35.1. The molecule has 5 heteroatoms. The molecule has 0 fully saturated rings. The first-order valence-corrected chi connectivity index (χ1v) is 24.0. The second-order valence-corrected chi connectivity index (χ2v) is 19.1. The number of pyridine rings is 1. The Kier molecular flexibility index (Phi) is 10.1. The van der Waals surface area contributed by atoms with Gasteiger partial charge in [0.15, 0.2) is 0 Å². The molecule has 3 heterocycles. The molecule has 0 aliphatic carbocycles. The van der Waals surface area contributed by atoms with E-state index in [0.717, 1.165) is 72.4 Å². The van der Waals surface area contributed by atoms with Crippen molar-refractivity contribution >= 4 is 44.6 Å². The summed E-state index contributed by atoms with van der Waals surface area (Å²) in [6.07, 6.45) is 0.129. The third kappa shape index (κ3) is 7.76. The molecule has 0 saturated carbocycles. The maximum Gasteiger partial charge on any atom is 0.137 e. The Labute approximate surface area is 413 Å². The van der Waals surface area contributed by atoms with Crippen LogP contribution in [-0.4, -0.2) is 16.2 Å². The number of aromatic nitrogens is 2. The van der Waals surface area contributed by atoms with Gasteiger partial charge in [-0.25, -0.2) is 4.98 Å². The number of anilines is 4. The van der Waals surface area contributed by atoms with E-state index in [1.54, 1.807) is 0 Å². The zero-order valence-electron chi connectivity index (χ0n) is 41.7. The molecule has 12 rings (SSSR count). The number of para-hydroxylation sites is 3. The van der Waals surface area contributed by atoms with Crippen LogP contribution in [0.25, 0.3) is 72.1 Å². The monoisotopic (exact) mass is 906 g/mol. The van der Waals surface area contributed by atoms with Crippen LogP contribution in [0, 0.1) is 6.92 Å². The predicted molar refractivity (Wildman–Crippen MR) is 292 cm³/mol. The van der Waals surface area contributed by atoms with Crippen LogP contribution in [0.1, 0.15) is 34.6 Å². The van der Waals surface area contributed by atoms with Crippen molar-refractivity contribution in [3.63, 3.8) is 0 Å². The molecule has 338 valence electrons. The predicted octanol–water partition coefficient (Wildman–Crippen LogP) is 17.5. The van der Waals surface area contributed by atoms with E-state index < -0.39 is 0 Å². The van der Waals surface area contributed by atoms with Crippen molar-refractivity contribution in [3.8, 4) is 61.8 Å². The average Bonchev–Trinajstić information content (AvgIpc) is 3.96. The molecule has 70 heavy (non-hydrogen) atoms. The van der Waals surface area contributed by atoms with Gasteiger partial charge >= 0.3 is 0 Å². The standard InChI is InChI=1S/C65H52N4O/c1-44-38-63(66-42-58(44)48-30-33-50(34-31-48)65(2,3)4)69-59-37-32-49(45-18-8-5-9-19-45)39-57(59)56-36-35-53(41-62(56)69)70-52-25-16-24-51(40-52)67-43-68(61-29-15-14-28-60(61)67)64-54(46-20-10-6-11-21-46)26-17-27-55(64)47-22-12-7-13-23-47/h5-42H,43H2,1-4H3/i38D,42D. The van der Waals surface area contributed by atoms with E-state index in [9.17, 15) is 2.74 Å². The van der Waals surface area contributed by atoms with Crippen molar-refractivity contribution < 1.29 is 7.48 Å². The maximum absolute atomic E-state index is 9.69. The van der Waals surface area contributed by atoms with Crippen molar-refractivity contribution in [2.75, 3.05) is 16.5 Å². The molecule has 1 aliphatic rings. The normalized spacial score (nSPS) is 12.9. The summed E-state index contributed by atoms with van der Waals surface area (Å²) in [5.41, 5.74) is 16.4. The van der Waals surface area contributed by atoms with Gasteiger partial charge in [0.1, 0.15) is 24.0 Å². The van der Waals surface area contributed by atoms with Crippen molar-refractivity contribution in [1.29, 1.82) is 0 Å². The summed E-state index contributed by atoms with van der Waals surface area (Å²) in [5.74, 6) is 1.74. The summed E-state index contributed by atoms with van der Waals surface area (Å²) in [6.45, 7) is 9.10. The number of rotatable bonds is 9. The fraction of sp³-hybridized carbons (Fsp3) is 0.0923. The van der Waals surface area contributed by atoms with Gasteiger partial charge in [-0.05, 0) is 106 Å². The molecular formula is C65H52N4O. The van der Waals surface area contributed by atoms with Crippen molar-refractivity contribution in [1.82, 2.24) is 9.55 Å². The number of fused-ring (bicyclic) bond motifs is 4. The largest absolute Gasteiger partial charge is 0.457 e. The van der Waals surface area contributed by atoms with Gasteiger partial charge in [-0.1, -0.05) is 178 Å². The van der Waals surface area contributed by atoms with Crippen molar-refractivity contribution in [2.45, 2.75) is 33.1 Å². The third-order valence-corrected chi connectivity index (χ3v) is 13.6. The van der Waals surface area contributed by atoms with E-state index >= 15 is 0 Å². The second kappa shape index (κ2) is 17.4. The first-order valence-electron chi connectivity index (χ1n) is 25.0. The van der Waals surface area contributed by atoms with Gasteiger partial charge in [-0.2, -0.15) is 0 Å². The highest BCUT2D eigenvalue weighted by atomic mass is 16.5. The molecule has 9 aromatic carbocycles. The summed E-state index contributed by atoms with van der Waals surface area (Å²) in [7, 11) is 0. The van der Waals surface area contributed by atoms with Gasteiger partial charge in [0.25, 0.3) is 0 Å². The SMILES string of the molecule is [2H]c1nc(-n2c3ccc(-c4ccccc4)cc3c3ccc(Oc4cccc(N5CN(c6c(-c7ccccc7)cccc6-c6ccccc6)c6ccccc65)c4)cc32)c([2H])c(C)c1-c1ccc(C(C)(C)C)cc1. The Morgan fingerprint density at radius 3 is 1.74 bits per heavy atom.